The Bertz CT molecular complexity index is 214. The van der Waals surface area contributed by atoms with Crippen LogP contribution in [0.2, 0.25) is 0 Å². The van der Waals surface area contributed by atoms with Crippen LogP contribution in [0.4, 0.5) is 0 Å². The Morgan fingerprint density at radius 1 is 1.62 bits per heavy atom. The number of rotatable bonds is 4. The molecule has 0 aromatic carbocycles. The second-order valence-corrected chi connectivity index (χ2v) is 3.99. The summed E-state index contributed by atoms with van der Waals surface area (Å²) < 4.78 is 4.79. The second kappa shape index (κ2) is 3.95. The minimum absolute atomic E-state index is 0.0301. The summed E-state index contributed by atoms with van der Waals surface area (Å²) in [5, 5.41) is 0. The number of carbonyl (C=O) groups is 1. The fourth-order valence-electron chi connectivity index (χ4n) is 1.50. The number of methoxy groups -OCH3 is 1. The molecule has 0 bridgehead atoms. The lowest BCUT2D eigenvalue weighted by Gasteiger charge is -2.16. The van der Waals surface area contributed by atoms with Crippen molar-refractivity contribution in [3.63, 3.8) is 0 Å². The zero-order valence-corrected chi connectivity index (χ0v) is 8.67. The van der Waals surface area contributed by atoms with Gasteiger partial charge in [-0.15, -0.1) is 0 Å². The van der Waals surface area contributed by atoms with Crippen molar-refractivity contribution in [2.24, 2.45) is 11.3 Å². The normalized spacial score (nSPS) is 21.5. The Labute approximate surface area is 80.0 Å². The van der Waals surface area contributed by atoms with Crippen LogP contribution in [-0.4, -0.2) is 13.1 Å². The van der Waals surface area contributed by atoms with Crippen molar-refractivity contribution in [1.29, 1.82) is 0 Å². The average molecular weight is 182 g/mol. The molecule has 74 valence electrons. The molecule has 0 aromatic heterocycles. The third-order valence-corrected chi connectivity index (χ3v) is 2.81. The van der Waals surface area contributed by atoms with Gasteiger partial charge in [0.2, 0.25) is 0 Å². The van der Waals surface area contributed by atoms with E-state index in [4.69, 9.17) is 4.74 Å². The van der Waals surface area contributed by atoms with Gasteiger partial charge in [-0.2, -0.15) is 0 Å². The van der Waals surface area contributed by atoms with Crippen LogP contribution < -0.4 is 0 Å². The molecule has 1 aliphatic carbocycles. The molecule has 0 N–H and O–H groups in total. The third-order valence-electron chi connectivity index (χ3n) is 2.81. The van der Waals surface area contributed by atoms with E-state index < -0.39 is 0 Å². The molecule has 1 rings (SSSR count). The van der Waals surface area contributed by atoms with Crippen LogP contribution in [-0.2, 0) is 9.53 Å². The van der Waals surface area contributed by atoms with Gasteiger partial charge < -0.3 is 4.74 Å². The minimum Gasteiger partial charge on any atom is -0.469 e. The van der Waals surface area contributed by atoms with E-state index in [9.17, 15) is 4.79 Å². The number of ether oxygens (including phenoxy) is 1. The topological polar surface area (TPSA) is 26.3 Å². The van der Waals surface area contributed by atoms with Crippen LogP contribution in [0.15, 0.2) is 12.2 Å². The number of esters is 1. The number of allylic oxidation sites excluding steroid dienone is 1. The van der Waals surface area contributed by atoms with Crippen LogP contribution >= 0.6 is 0 Å². The van der Waals surface area contributed by atoms with Crippen molar-refractivity contribution >= 4 is 5.97 Å². The lowest BCUT2D eigenvalue weighted by atomic mass is 9.90. The molecule has 1 atom stereocenters. The maximum absolute atomic E-state index is 11.4. The van der Waals surface area contributed by atoms with Crippen LogP contribution in [0.1, 0.15) is 33.1 Å². The van der Waals surface area contributed by atoms with E-state index in [1.54, 1.807) is 0 Å². The monoisotopic (exact) mass is 182 g/mol. The largest absolute Gasteiger partial charge is 0.469 e. The molecular formula is C11H18O2. The van der Waals surface area contributed by atoms with Crippen LogP contribution in [0.25, 0.3) is 0 Å². The van der Waals surface area contributed by atoms with Crippen LogP contribution in [0.3, 0.4) is 0 Å². The summed E-state index contributed by atoms with van der Waals surface area (Å²) in [7, 11) is 1.46. The average Bonchev–Trinajstić information content (AvgIpc) is 2.84. The lowest BCUT2D eigenvalue weighted by molar-refractivity contribution is -0.145. The highest BCUT2D eigenvalue weighted by atomic mass is 16.5. The molecule has 0 saturated heterocycles. The molecule has 0 radical (unpaired) electrons. The molecule has 1 fully saturated rings. The minimum atomic E-state index is -0.0929. The molecule has 2 nitrogen and oxygen atoms in total. The molecule has 1 aliphatic rings. The Morgan fingerprint density at radius 3 is 2.62 bits per heavy atom. The molecule has 13 heavy (non-hydrogen) atoms. The zero-order valence-electron chi connectivity index (χ0n) is 8.67. The number of hydrogen-bond donors (Lipinski definition) is 0. The summed E-state index contributed by atoms with van der Waals surface area (Å²) in [5.41, 5.74) is 0.179. The molecule has 2 heteroatoms. The fourth-order valence-corrected chi connectivity index (χ4v) is 1.50. The molecule has 0 aliphatic heterocycles. The molecule has 0 aromatic rings. The van der Waals surface area contributed by atoms with Gasteiger partial charge in [0.05, 0.1) is 13.0 Å². The summed E-state index contributed by atoms with van der Waals surface area (Å²) in [4.78, 5) is 11.4. The zero-order chi connectivity index (χ0) is 9.90. The highest BCUT2D eigenvalue weighted by molar-refractivity contribution is 5.75. The Balaban J connectivity index is 2.65. The molecular weight excluding hydrogens is 164 g/mol. The summed E-state index contributed by atoms with van der Waals surface area (Å²) in [6.45, 7) is 4.22. The van der Waals surface area contributed by atoms with Crippen molar-refractivity contribution in [3.05, 3.63) is 12.2 Å². The fraction of sp³-hybridized carbons (Fsp3) is 0.727. The van der Waals surface area contributed by atoms with E-state index in [0.29, 0.717) is 0 Å². The Morgan fingerprint density at radius 2 is 2.23 bits per heavy atom. The van der Waals surface area contributed by atoms with E-state index in [1.165, 1.54) is 7.11 Å². The van der Waals surface area contributed by atoms with E-state index >= 15 is 0 Å². The maximum Gasteiger partial charge on any atom is 0.313 e. The smallest absolute Gasteiger partial charge is 0.313 e. The van der Waals surface area contributed by atoms with Crippen molar-refractivity contribution in [2.75, 3.05) is 7.11 Å². The van der Waals surface area contributed by atoms with Gasteiger partial charge >= 0.3 is 5.97 Å². The number of hydrogen-bond acceptors (Lipinski definition) is 2. The molecule has 1 unspecified atom stereocenters. The van der Waals surface area contributed by atoms with E-state index in [2.05, 4.69) is 13.8 Å². The molecule has 0 spiro atoms. The van der Waals surface area contributed by atoms with Crippen molar-refractivity contribution in [3.8, 4) is 0 Å². The quantitative estimate of drug-likeness (QED) is 0.493. The third kappa shape index (κ3) is 2.33. The predicted octanol–water partition coefficient (Wildman–Crippen LogP) is 2.54. The Hall–Kier alpha value is -0.790. The first-order chi connectivity index (χ1) is 6.14. The van der Waals surface area contributed by atoms with Crippen molar-refractivity contribution in [2.45, 2.75) is 33.1 Å². The number of carbonyl (C=O) groups excluding carboxylic acids is 1. The first-order valence-corrected chi connectivity index (χ1v) is 4.88. The van der Waals surface area contributed by atoms with Crippen LogP contribution in [0, 0.1) is 11.3 Å². The van der Waals surface area contributed by atoms with Gasteiger partial charge in [-0.05, 0) is 24.7 Å². The highest BCUT2D eigenvalue weighted by Gasteiger charge is 2.47. The molecule has 0 amide bonds. The SMILES string of the molecule is CCC=CC(C(=O)OC)C1(C)CC1. The van der Waals surface area contributed by atoms with Gasteiger partial charge in [0.1, 0.15) is 0 Å². The highest BCUT2D eigenvalue weighted by Crippen LogP contribution is 2.52. The molecule has 0 heterocycles. The maximum atomic E-state index is 11.4. The van der Waals surface area contributed by atoms with E-state index in [-0.39, 0.29) is 17.3 Å². The van der Waals surface area contributed by atoms with Gasteiger partial charge in [0, 0.05) is 0 Å². The lowest BCUT2D eigenvalue weighted by Crippen LogP contribution is -2.22. The van der Waals surface area contributed by atoms with E-state index in [0.717, 1.165) is 19.3 Å². The first-order valence-electron chi connectivity index (χ1n) is 4.88. The first kappa shape index (κ1) is 10.3. The van der Waals surface area contributed by atoms with Gasteiger partial charge in [0.15, 0.2) is 0 Å². The summed E-state index contributed by atoms with van der Waals surface area (Å²) in [5.74, 6) is -0.123. The van der Waals surface area contributed by atoms with Crippen molar-refractivity contribution in [1.82, 2.24) is 0 Å². The Kier molecular flexibility index (Phi) is 3.12. The summed E-state index contributed by atoms with van der Waals surface area (Å²) in [6, 6.07) is 0. The molecule has 1 saturated carbocycles. The summed E-state index contributed by atoms with van der Waals surface area (Å²) in [6.07, 6.45) is 7.30. The predicted molar refractivity (Wildman–Crippen MR) is 52.3 cm³/mol. The standard InChI is InChI=1S/C11H18O2/c1-4-5-6-9(10(12)13-3)11(2)7-8-11/h5-6,9H,4,7-8H2,1-3H3. The van der Waals surface area contributed by atoms with Gasteiger partial charge in [0.25, 0.3) is 0 Å². The summed E-state index contributed by atoms with van der Waals surface area (Å²) >= 11 is 0. The van der Waals surface area contributed by atoms with Gasteiger partial charge in [-0.25, -0.2) is 0 Å². The van der Waals surface area contributed by atoms with Crippen molar-refractivity contribution < 1.29 is 9.53 Å². The van der Waals surface area contributed by atoms with E-state index in [1.807, 2.05) is 12.2 Å². The van der Waals surface area contributed by atoms with Gasteiger partial charge in [-0.3, -0.25) is 4.79 Å². The van der Waals surface area contributed by atoms with Crippen LogP contribution in [0.5, 0.6) is 0 Å². The van der Waals surface area contributed by atoms with Gasteiger partial charge in [-0.1, -0.05) is 26.0 Å². The second-order valence-electron chi connectivity index (χ2n) is 3.99.